The van der Waals surface area contributed by atoms with Crippen LogP contribution in [0.5, 0.6) is 0 Å². The summed E-state index contributed by atoms with van der Waals surface area (Å²) in [5.41, 5.74) is 1.04. The van der Waals surface area contributed by atoms with Gasteiger partial charge >= 0.3 is 0 Å². The highest BCUT2D eigenvalue weighted by Gasteiger charge is 2.08. The molecule has 0 aliphatic heterocycles. The summed E-state index contributed by atoms with van der Waals surface area (Å²) in [6, 6.07) is 1.96. The van der Waals surface area contributed by atoms with Gasteiger partial charge in [-0.2, -0.15) is 0 Å². The van der Waals surface area contributed by atoms with Gasteiger partial charge in [-0.25, -0.2) is 15.0 Å². The van der Waals surface area contributed by atoms with Gasteiger partial charge in [0.15, 0.2) is 10.2 Å². The van der Waals surface area contributed by atoms with E-state index >= 15 is 0 Å². The minimum absolute atomic E-state index is 0.433. The van der Waals surface area contributed by atoms with E-state index in [4.69, 9.17) is 4.74 Å². The van der Waals surface area contributed by atoms with Crippen LogP contribution in [0.15, 0.2) is 20.8 Å². The van der Waals surface area contributed by atoms with Crippen LogP contribution in [-0.4, -0.2) is 28.1 Å². The Morgan fingerprint density at radius 2 is 2.14 bits per heavy atom. The van der Waals surface area contributed by atoms with Crippen LogP contribution >= 0.6 is 23.1 Å². The molecule has 0 atom stereocenters. The third kappa shape index (κ3) is 5.26. The molecule has 0 unspecified atom stereocenters. The quantitative estimate of drug-likeness (QED) is 0.746. The number of hydrogen-bond acceptors (Lipinski definition) is 7. The standard InChI is InChI=1S/C14H20N4OS2/c1-4-6-15-11-7-13(18-12(17-11)8-19-5-2)21-14-16-10(3)9-20-14/h7,9H,4-6,8H2,1-3H3,(H,15,17,18). The molecule has 0 spiro atoms. The predicted octanol–water partition coefficient (Wildman–Crippen LogP) is 3.75. The molecule has 0 aromatic carbocycles. The van der Waals surface area contributed by atoms with Crippen LogP contribution in [0.1, 0.15) is 31.8 Å². The molecule has 7 heteroatoms. The van der Waals surface area contributed by atoms with Crippen molar-refractivity contribution in [3.8, 4) is 0 Å². The van der Waals surface area contributed by atoms with Gasteiger partial charge in [-0.05, 0) is 32.0 Å². The second-order valence-corrected chi connectivity index (χ2v) is 6.55. The Balaban J connectivity index is 2.16. The lowest BCUT2D eigenvalue weighted by atomic mass is 10.4. The van der Waals surface area contributed by atoms with E-state index in [0.717, 1.165) is 33.8 Å². The molecule has 114 valence electrons. The number of nitrogens with zero attached hydrogens (tertiary/aromatic N) is 3. The van der Waals surface area contributed by atoms with Gasteiger partial charge in [-0.3, -0.25) is 0 Å². The average molecular weight is 324 g/mol. The fourth-order valence-electron chi connectivity index (χ4n) is 1.60. The zero-order valence-corrected chi connectivity index (χ0v) is 14.2. The first-order chi connectivity index (χ1) is 10.2. The van der Waals surface area contributed by atoms with Gasteiger partial charge in [-0.1, -0.05) is 6.92 Å². The maximum absolute atomic E-state index is 5.41. The topological polar surface area (TPSA) is 59.9 Å². The van der Waals surface area contributed by atoms with Crippen molar-refractivity contribution >= 4 is 28.9 Å². The highest BCUT2D eigenvalue weighted by Crippen LogP contribution is 2.30. The number of hydrogen-bond donors (Lipinski definition) is 1. The first-order valence-corrected chi connectivity index (χ1v) is 8.70. The number of aryl methyl sites for hydroxylation is 1. The van der Waals surface area contributed by atoms with Crippen LogP contribution in [0.4, 0.5) is 5.82 Å². The molecule has 0 saturated carbocycles. The van der Waals surface area contributed by atoms with Gasteiger partial charge in [0.1, 0.15) is 17.5 Å². The maximum Gasteiger partial charge on any atom is 0.157 e. The van der Waals surface area contributed by atoms with E-state index in [1.165, 1.54) is 0 Å². The maximum atomic E-state index is 5.41. The van der Waals surface area contributed by atoms with Gasteiger partial charge in [0.25, 0.3) is 0 Å². The van der Waals surface area contributed by atoms with Crippen molar-refractivity contribution in [1.29, 1.82) is 0 Å². The zero-order chi connectivity index (χ0) is 15.1. The molecular formula is C14H20N4OS2. The van der Waals surface area contributed by atoms with E-state index in [9.17, 15) is 0 Å². The smallest absolute Gasteiger partial charge is 0.157 e. The van der Waals surface area contributed by atoms with E-state index < -0.39 is 0 Å². The number of nitrogens with one attached hydrogen (secondary N) is 1. The Kier molecular flexibility index (Phi) is 6.41. The molecule has 0 amide bonds. The predicted molar refractivity (Wildman–Crippen MR) is 87.1 cm³/mol. The first-order valence-electron chi connectivity index (χ1n) is 7.00. The van der Waals surface area contributed by atoms with Crippen molar-refractivity contribution < 1.29 is 4.74 Å². The van der Waals surface area contributed by atoms with Crippen molar-refractivity contribution in [1.82, 2.24) is 15.0 Å². The molecule has 2 aromatic rings. The largest absolute Gasteiger partial charge is 0.374 e. The van der Waals surface area contributed by atoms with Crippen LogP contribution < -0.4 is 5.32 Å². The van der Waals surface area contributed by atoms with Crippen LogP contribution in [0.3, 0.4) is 0 Å². The SMILES string of the molecule is CCCNc1cc(Sc2nc(C)cs2)nc(COCC)n1. The third-order valence-electron chi connectivity index (χ3n) is 2.53. The normalized spacial score (nSPS) is 10.8. The summed E-state index contributed by atoms with van der Waals surface area (Å²) in [5, 5.41) is 6.24. The van der Waals surface area contributed by atoms with Gasteiger partial charge in [-0.15, -0.1) is 11.3 Å². The lowest BCUT2D eigenvalue weighted by Crippen LogP contribution is -2.07. The molecule has 5 nitrogen and oxygen atoms in total. The number of thiazole rings is 1. The Labute approximate surface area is 133 Å². The molecule has 0 aliphatic carbocycles. The summed E-state index contributed by atoms with van der Waals surface area (Å²) < 4.78 is 6.41. The Morgan fingerprint density at radius 1 is 1.29 bits per heavy atom. The van der Waals surface area contributed by atoms with Crippen molar-refractivity contribution in [2.75, 3.05) is 18.5 Å². The molecule has 21 heavy (non-hydrogen) atoms. The molecule has 0 saturated heterocycles. The number of ether oxygens (including phenoxy) is 1. The van der Waals surface area contributed by atoms with Crippen LogP contribution in [-0.2, 0) is 11.3 Å². The van der Waals surface area contributed by atoms with Crippen molar-refractivity contribution in [2.24, 2.45) is 0 Å². The average Bonchev–Trinajstić information content (AvgIpc) is 2.88. The number of rotatable bonds is 8. The second kappa shape index (κ2) is 8.31. The van der Waals surface area contributed by atoms with Crippen molar-refractivity contribution in [3.05, 3.63) is 23.0 Å². The molecule has 0 fully saturated rings. The van der Waals surface area contributed by atoms with Crippen molar-refractivity contribution in [3.63, 3.8) is 0 Å². The van der Waals surface area contributed by atoms with E-state index in [0.29, 0.717) is 19.0 Å². The van der Waals surface area contributed by atoms with Crippen molar-refractivity contribution in [2.45, 2.75) is 43.2 Å². The highest BCUT2D eigenvalue weighted by molar-refractivity contribution is 8.01. The minimum atomic E-state index is 0.433. The first kappa shape index (κ1) is 16.2. The Bertz CT molecular complexity index is 548. The summed E-state index contributed by atoms with van der Waals surface area (Å²) in [4.78, 5) is 13.5. The Morgan fingerprint density at radius 3 is 2.81 bits per heavy atom. The summed E-state index contributed by atoms with van der Waals surface area (Å²) in [6.45, 7) is 8.07. The minimum Gasteiger partial charge on any atom is -0.374 e. The van der Waals surface area contributed by atoms with Gasteiger partial charge < -0.3 is 10.1 Å². The molecular weight excluding hydrogens is 304 g/mol. The summed E-state index contributed by atoms with van der Waals surface area (Å²) in [5.74, 6) is 1.55. The van der Waals surface area contributed by atoms with E-state index in [2.05, 4.69) is 27.2 Å². The fraction of sp³-hybridized carbons (Fsp3) is 0.500. The number of aromatic nitrogens is 3. The van der Waals surface area contributed by atoms with E-state index in [-0.39, 0.29) is 0 Å². The fourth-order valence-corrected chi connectivity index (χ4v) is 3.40. The molecule has 0 radical (unpaired) electrons. The van der Waals surface area contributed by atoms with E-state index in [1.54, 1.807) is 23.1 Å². The zero-order valence-electron chi connectivity index (χ0n) is 12.5. The van der Waals surface area contributed by atoms with Crippen LogP contribution in [0.25, 0.3) is 0 Å². The molecule has 2 heterocycles. The lowest BCUT2D eigenvalue weighted by molar-refractivity contribution is 0.128. The van der Waals surface area contributed by atoms with Gasteiger partial charge in [0, 0.05) is 30.3 Å². The molecule has 2 rings (SSSR count). The third-order valence-corrected chi connectivity index (χ3v) is 4.50. The second-order valence-electron chi connectivity index (χ2n) is 4.43. The van der Waals surface area contributed by atoms with Crippen LogP contribution in [0.2, 0.25) is 0 Å². The van der Waals surface area contributed by atoms with E-state index in [1.807, 2.05) is 25.3 Å². The molecule has 0 bridgehead atoms. The number of anilines is 1. The van der Waals surface area contributed by atoms with Crippen LogP contribution in [0, 0.1) is 6.92 Å². The highest BCUT2D eigenvalue weighted by atomic mass is 32.2. The molecule has 1 N–H and O–H groups in total. The summed E-state index contributed by atoms with van der Waals surface area (Å²) in [6.07, 6.45) is 1.05. The van der Waals surface area contributed by atoms with Gasteiger partial charge in [0.2, 0.25) is 0 Å². The summed E-state index contributed by atoms with van der Waals surface area (Å²) in [7, 11) is 0. The molecule has 0 aliphatic rings. The van der Waals surface area contributed by atoms with Gasteiger partial charge in [0.05, 0.1) is 0 Å². The lowest BCUT2D eigenvalue weighted by Gasteiger charge is -2.08. The molecule has 2 aromatic heterocycles. The summed E-state index contributed by atoms with van der Waals surface area (Å²) >= 11 is 3.20. The Hall–Kier alpha value is -1.18. The monoisotopic (exact) mass is 324 g/mol.